The molecule has 25 heavy (non-hydrogen) atoms. The average Bonchev–Trinajstić information content (AvgIpc) is 2.44. The first-order chi connectivity index (χ1) is 11.4. The SMILES string of the molecule is CC[NH+](CC(=O)Nc1ccc(C(F)(F)F)cc1)CC(=O)NC(C)(C)C. The van der Waals surface area contributed by atoms with Gasteiger partial charge in [0.05, 0.1) is 12.1 Å². The molecule has 8 heteroatoms. The molecule has 0 aliphatic carbocycles. The third-order valence-corrected chi connectivity index (χ3v) is 3.33. The fourth-order valence-electron chi connectivity index (χ4n) is 2.18. The lowest BCUT2D eigenvalue weighted by molar-refractivity contribution is -0.881. The highest BCUT2D eigenvalue weighted by atomic mass is 19.4. The highest BCUT2D eigenvalue weighted by molar-refractivity contribution is 5.91. The molecule has 5 nitrogen and oxygen atoms in total. The van der Waals surface area contributed by atoms with E-state index in [0.717, 1.165) is 17.0 Å². The Hall–Kier alpha value is -2.09. The second-order valence-corrected chi connectivity index (χ2v) is 6.88. The molecule has 0 bridgehead atoms. The third kappa shape index (κ3) is 8.02. The Balaban J connectivity index is 2.57. The first kappa shape index (κ1) is 21.0. The summed E-state index contributed by atoms with van der Waals surface area (Å²) in [6.07, 6.45) is -4.41. The van der Waals surface area contributed by atoms with Crippen molar-refractivity contribution >= 4 is 17.5 Å². The molecule has 0 aliphatic heterocycles. The molecular formula is C17H25F3N3O2+. The molecular weight excluding hydrogens is 335 g/mol. The second-order valence-electron chi connectivity index (χ2n) is 6.88. The van der Waals surface area contributed by atoms with Crippen molar-refractivity contribution in [3.63, 3.8) is 0 Å². The lowest BCUT2D eigenvalue weighted by atomic mass is 10.1. The molecule has 0 saturated carbocycles. The van der Waals surface area contributed by atoms with E-state index in [1.807, 2.05) is 27.7 Å². The van der Waals surface area contributed by atoms with Gasteiger partial charge in [-0.15, -0.1) is 0 Å². The van der Waals surface area contributed by atoms with Gasteiger partial charge in [0.2, 0.25) is 0 Å². The van der Waals surface area contributed by atoms with Crippen molar-refractivity contribution in [1.29, 1.82) is 0 Å². The molecule has 0 fully saturated rings. The van der Waals surface area contributed by atoms with Crippen LogP contribution in [0.4, 0.5) is 18.9 Å². The van der Waals surface area contributed by atoms with Gasteiger partial charge in [-0.25, -0.2) is 0 Å². The van der Waals surface area contributed by atoms with Crippen LogP contribution in [0.15, 0.2) is 24.3 Å². The van der Waals surface area contributed by atoms with Crippen molar-refractivity contribution in [3.05, 3.63) is 29.8 Å². The lowest BCUT2D eigenvalue weighted by Crippen LogP contribution is -3.14. The van der Waals surface area contributed by atoms with Gasteiger partial charge in [-0.05, 0) is 52.0 Å². The van der Waals surface area contributed by atoms with E-state index in [0.29, 0.717) is 6.54 Å². The number of anilines is 1. The Labute approximate surface area is 145 Å². The summed E-state index contributed by atoms with van der Waals surface area (Å²) in [6, 6.07) is 4.24. The van der Waals surface area contributed by atoms with Crippen molar-refractivity contribution < 1.29 is 27.7 Å². The predicted octanol–water partition coefficient (Wildman–Crippen LogP) is 1.46. The first-order valence-corrected chi connectivity index (χ1v) is 8.02. The van der Waals surface area contributed by atoms with E-state index in [1.165, 1.54) is 12.1 Å². The number of quaternary nitrogens is 1. The number of nitrogens with one attached hydrogen (secondary N) is 3. The van der Waals surface area contributed by atoms with E-state index in [1.54, 1.807) is 0 Å². The van der Waals surface area contributed by atoms with Crippen LogP contribution in [-0.4, -0.2) is 37.0 Å². The molecule has 3 N–H and O–H groups in total. The van der Waals surface area contributed by atoms with Gasteiger partial charge in [-0.3, -0.25) is 9.59 Å². The zero-order chi connectivity index (χ0) is 19.3. The standard InChI is InChI=1S/C17H24F3N3O2/c1-5-23(11-15(25)22-16(2,3)4)10-14(24)21-13-8-6-12(7-9-13)17(18,19)20/h6-9H,5,10-11H2,1-4H3,(H,21,24)(H,22,25)/p+1. The van der Waals surface area contributed by atoms with E-state index in [-0.39, 0.29) is 36.1 Å². The molecule has 140 valence electrons. The Morgan fingerprint density at radius 3 is 1.96 bits per heavy atom. The molecule has 1 atom stereocenters. The van der Waals surface area contributed by atoms with Crippen LogP contribution in [0, 0.1) is 0 Å². The lowest BCUT2D eigenvalue weighted by Gasteiger charge is -2.23. The summed E-state index contributed by atoms with van der Waals surface area (Å²) >= 11 is 0. The number of carbonyl (C=O) groups excluding carboxylic acids is 2. The number of rotatable bonds is 6. The van der Waals surface area contributed by atoms with Crippen LogP contribution in [0.25, 0.3) is 0 Å². The molecule has 0 heterocycles. The minimum atomic E-state index is -4.41. The molecule has 0 saturated heterocycles. The smallest absolute Gasteiger partial charge is 0.347 e. The van der Waals surface area contributed by atoms with Crippen LogP contribution in [0.3, 0.4) is 0 Å². The zero-order valence-corrected chi connectivity index (χ0v) is 14.9. The van der Waals surface area contributed by atoms with Crippen LogP contribution >= 0.6 is 0 Å². The van der Waals surface area contributed by atoms with E-state index >= 15 is 0 Å². The van der Waals surface area contributed by atoms with Crippen LogP contribution in [-0.2, 0) is 15.8 Å². The Kier molecular flexibility index (Phi) is 6.98. The fraction of sp³-hybridized carbons (Fsp3) is 0.529. The summed E-state index contributed by atoms with van der Waals surface area (Å²) in [5.41, 5.74) is -0.837. The summed E-state index contributed by atoms with van der Waals surface area (Å²) in [6.45, 7) is 8.22. The highest BCUT2D eigenvalue weighted by Gasteiger charge is 2.30. The number of alkyl halides is 3. The number of carbonyl (C=O) groups is 2. The van der Waals surface area contributed by atoms with Gasteiger partial charge in [-0.2, -0.15) is 13.2 Å². The Morgan fingerprint density at radius 2 is 1.52 bits per heavy atom. The molecule has 1 unspecified atom stereocenters. The van der Waals surface area contributed by atoms with Crippen molar-refractivity contribution in [1.82, 2.24) is 5.32 Å². The monoisotopic (exact) mass is 360 g/mol. The quantitative estimate of drug-likeness (QED) is 0.719. The normalized spacial score (nSPS) is 13.2. The zero-order valence-electron chi connectivity index (χ0n) is 14.9. The fourth-order valence-corrected chi connectivity index (χ4v) is 2.18. The third-order valence-electron chi connectivity index (χ3n) is 3.33. The minimum absolute atomic E-state index is 0.0507. The second kappa shape index (κ2) is 8.33. The van der Waals surface area contributed by atoms with Crippen molar-refractivity contribution in [2.75, 3.05) is 25.0 Å². The van der Waals surface area contributed by atoms with Crippen molar-refractivity contribution in [3.8, 4) is 0 Å². The van der Waals surface area contributed by atoms with Crippen LogP contribution < -0.4 is 15.5 Å². The van der Waals surface area contributed by atoms with Gasteiger partial charge >= 0.3 is 6.18 Å². The van der Waals surface area contributed by atoms with Gasteiger partial charge in [0.25, 0.3) is 11.8 Å². The molecule has 1 aromatic carbocycles. The maximum absolute atomic E-state index is 12.5. The minimum Gasteiger partial charge on any atom is -0.347 e. The van der Waals surface area contributed by atoms with Gasteiger partial charge in [0.1, 0.15) is 0 Å². The molecule has 0 aromatic heterocycles. The number of amides is 2. The van der Waals surface area contributed by atoms with Crippen LogP contribution in [0.1, 0.15) is 33.3 Å². The summed E-state index contributed by atoms with van der Waals surface area (Å²) in [5, 5.41) is 5.38. The number of hydrogen-bond donors (Lipinski definition) is 3. The number of hydrogen-bond acceptors (Lipinski definition) is 2. The van der Waals surface area contributed by atoms with E-state index < -0.39 is 11.7 Å². The van der Waals surface area contributed by atoms with Gasteiger partial charge in [0.15, 0.2) is 13.1 Å². The van der Waals surface area contributed by atoms with Gasteiger partial charge in [0, 0.05) is 11.2 Å². The molecule has 1 aromatic rings. The van der Waals surface area contributed by atoms with Crippen molar-refractivity contribution in [2.24, 2.45) is 0 Å². The summed E-state index contributed by atoms with van der Waals surface area (Å²) in [5.74, 6) is -0.521. The highest BCUT2D eigenvalue weighted by Crippen LogP contribution is 2.29. The largest absolute Gasteiger partial charge is 0.416 e. The number of benzene rings is 1. The molecule has 0 radical (unpaired) electrons. The molecule has 2 amide bonds. The summed E-state index contributed by atoms with van der Waals surface area (Å²) in [7, 11) is 0. The van der Waals surface area contributed by atoms with Crippen LogP contribution in [0.2, 0.25) is 0 Å². The maximum atomic E-state index is 12.5. The van der Waals surface area contributed by atoms with Crippen LogP contribution in [0.5, 0.6) is 0 Å². The van der Waals surface area contributed by atoms with Gasteiger partial charge in [-0.1, -0.05) is 0 Å². The van der Waals surface area contributed by atoms with Gasteiger partial charge < -0.3 is 15.5 Å². The number of halogens is 3. The predicted molar refractivity (Wildman–Crippen MR) is 89.2 cm³/mol. The average molecular weight is 360 g/mol. The van der Waals surface area contributed by atoms with E-state index in [9.17, 15) is 22.8 Å². The Bertz CT molecular complexity index is 593. The topological polar surface area (TPSA) is 62.6 Å². The summed E-state index contributed by atoms with van der Waals surface area (Å²) in [4.78, 5) is 24.7. The Morgan fingerprint density at radius 1 is 1.00 bits per heavy atom. The molecule has 0 aliphatic rings. The molecule has 0 spiro atoms. The van der Waals surface area contributed by atoms with E-state index in [2.05, 4.69) is 10.6 Å². The van der Waals surface area contributed by atoms with E-state index in [4.69, 9.17) is 0 Å². The summed E-state index contributed by atoms with van der Waals surface area (Å²) < 4.78 is 37.5. The number of likely N-dealkylation sites (N-methyl/N-ethyl adjacent to an activating group) is 1. The van der Waals surface area contributed by atoms with Crippen molar-refractivity contribution in [2.45, 2.75) is 39.4 Å². The maximum Gasteiger partial charge on any atom is 0.416 e. The molecule has 1 rings (SSSR count). The first-order valence-electron chi connectivity index (χ1n) is 8.02.